The minimum Gasteiger partial charge on any atom is -0.377 e. The Morgan fingerprint density at radius 3 is 3.12 bits per heavy atom. The van der Waals surface area contributed by atoms with Crippen LogP contribution in [0.25, 0.3) is 0 Å². The van der Waals surface area contributed by atoms with E-state index in [0.29, 0.717) is 31.9 Å². The molecule has 1 aromatic rings. The third kappa shape index (κ3) is 5.41. The lowest BCUT2D eigenvalue weighted by Gasteiger charge is -2.14. The standard InChI is InChI=1S/C10H18N4O3/c1-2-16-8(6-11)5-10(15)12-4-3-9-13-7-17-14-9/h7-8H,2-6,11H2,1H3,(H,12,15). The molecule has 0 bridgehead atoms. The predicted octanol–water partition coefficient (Wildman–Crippen LogP) is -0.518. The molecule has 1 aromatic heterocycles. The molecule has 0 fully saturated rings. The lowest BCUT2D eigenvalue weighted by Crippen LogP contribution is -2.33. The van der Waals surface area contributed by atoms with Crippen LogP contribution in [0, 0.1) is 0 Å². The van der Waals surface area contributed by atoms with Gasteiger partial charge >= 0.3 is 0 Å². The molecule has 0 radical (unpaired) electrons. The highest BCUT2D eigenvalue weighted by Gasteiger charge is 2.11. The first-order chi connectivity index (χ1) is 8.26. The Kier molecular flexibility index (Phi) is 6.19. The van der Waals surface area contributed by atoms with Crippen molar-refractivity contribution in [2.75, 3.05) is 19.7 Å². The van der Waals surface area contributed by atoms with Gasteiger partial charge in [-0.15, -0.1) is 0 Å². The number of carbonyl (C=O) groups is 1. The van der Waals surface area contributed by atoms with Gasteiger partial charge in [0.2, 0.25) is 12.3 Å². The molecule has 0 saturated heterocycles. The fourth-order valence-corrected chi connectivity index (χ4v) is 1.34. The normalized spacial score (nSPS) is 12.4. The van der Waals surface area contributed by atoms with Gasteiger partial charge < -0.3 is 20.3 Å². The van der Waals surface area contributed by atoms with Crippen molar-refractivity contribution < 1.29 is 14.1 Å². The fourth-order valence-electron chi connectivity index (χ4n) is 1.34. The number of nitrogens with two attached hydrogens (primary N) is 1. The van der Waals surface area contributed by atoms with E-state index < -0.39 is 0 Å². The van der Waals surface area contributed by atoms with Gasteiger partial charge in [0.25, 0.3) is 0 Å². The topological polar surface area (TPSA) is 103 Å². The van der Waals surface area contributed by atoms with Crippen molar-refractivity contribution in [1.82, 2.24) is 15.5 Å². The van der Waals surface area contributed by atoms with E-state index in [1.165, 1.54) is 6.39 Å². The number of hydrogen-bond donors (Lipinski definition) is 2. The molecule has 3 N–H and O–H groups in total. The molecule has 0 aliphatic rings. The highest BCUT2D eigenvalue weighted by Crippen LogP contribution is 1.96. The van der Waals surface area contributed by atoms with Crippen molar-refractivity contribution in [3.05, 3.63) is 12.2 Å². The number of rotatable bonds is 8. The Bertz CT molecular complexity index is 315. The summed E-state index contributed by atoms with van der Waals surface area (Å²) in [5.74, 6) is 0.489. The maximum absolute atomic E-state index is 11.5. The second kappa shape index (κ2) is 7.75. The molecule has 0 aliphatic heterocycles. The molecule has 0 aromatic carbocycles. The molecule has 1 amide bonds. The van der Waals surface area contributed by atoms with Crippen molar-refractivity contribution in [2.24, 2.45) is 5.73 Å². The van der Waals surface area contributed by atoms with E-state index in [4.69, 9.17) is 10.5 Å². The zero-order valence-electron chi connectivity index (χ0n) is 9.89. The number of carbonyl (C=O) groups excluding carboxylic acids is 1. The van der Waals surface area contributed by atoms with Gasteiger partial charge in [-0.25, -0.2) is 0 Å². The molecule has 17 heavy (non-hydrogen) atoms. The number of nitrogens with one attached hydrogen (secondary N) is 1. The first kappa shape index (κ1) is 13.6. The minimum atomic E-state index is -0.217. The molecule has 0 saturated carbocycles. The van der Waals surface area contributed by atoms with Gasteiger partial charge in [0.05, 0.1) is 12.5 Å². The van der Waals surface area contributed by atoms with Crippen LogP contribution < -0.4 is 11.1 Å². The smallest absolute Gasteiger partial charge is 0.222 e. The van der Waals surface area contributed by atoms with E-state index in [1.807, 2.05) is 6.92 Å². The molecule has 7 heteroatoms. The number of aromatic nitrogens is 2. The molecule has 1 heterocycles. The summed E-state index contributed by atoms with van der Waals surface area (Å²) in [5.41, 5.74) is 5.48. The van der Waals surface area contributed by atoms with E-state index in [1.54, 1.807) is 0 Å². The molecular formula is C10H18N4O3. The number of amides is 1. The molecule has 1 unspecified atom stereocenters. The van der Waals surface area contributed by atoms with Crippen LogP contribution in [0.1, 0.15) is 19.2 Å². The van der Waals surface area contributed by atoms with E-state index in [2.05, 4.69) is 20.0 Å². The summed E-state index contributed by atoms with van der Waals surface area (Å²) in [6.07, 6.45) is 1.86. The van der Waals surface area contributed by atoms with Crippen LogP contribution >= 0.6 is 0 Å². The quantitative estimate of drug-likeness (QED) is 0.636. The first-order valence-electron chi connectivity index (χ1n) is 5.59. The number of ether oxygens (including phenoxy) is 1. The molecule has 96 valence electrons. The Morgan fingerprint density at radius 2 is 2.53 bits per heavy atom. The van der Waals surface area contributed by atoms with Crippen molar-refractivity contribution >= 4 is 5.91 Å². The third-order valence-electron chi connectivity index (χ3n) is 2.16. The van der Waals surface area contributed by atoms with Crippen molar-refractivity contribution in [3.8, 4) is 0 Å². The molecule has 1 atom stereocenters. The summed E-state index contributed by atoms with van der Waals surface area (Å²) in [5, 5.41) is 6.39. The second-order valence-corrected chi connectivity index (χ2v) is 3.46. The molecule has 7 nitrogen and oxygen atoms in total. The van der Waals surface area contributed by atoms with Crippen LogP contribution in [0.4, 0.5) is 0 Å². The van der Waals surface area contributed by atoms with Crippen LogP contribution in [-0.2, 0) is 16.0 Å². The Labute approximate surface area is 99.7 Å². The Balaban J connectivity index is 2.16. The summed E-state index contributed by atoms with van der Waals surface area (Å²) >= 11 is 0. The zero-order valence-corrected chi connectivity index (χ0v) is 9.89. The minimum absolute atomic E-state index is 0.0857. The summed E-state index contributed by atoms with van der Waals surface area (Å²) in [4.78, 5) is 15.4. The molecule has 0 spiro atoms. The van der Waals surface area contributed by atoms with Gasteiger partial charge in [-0.2, -0.15) is 4.98 Å². The summed E-state index contributed by atoms with van der Waals surface area (Å²) in [7, 11) is 0. The van der Waals surface area contributed by atoms with Crippen molar-refractivity contribution in [3.63, 3.8) is 0 Å². The first-order valence-corrected chi connectivity index (χ1v) is 5.59. The lowest BCUT2D eigenvalue weighted by molar-refractivity contribution is -0.123. The monoisotopic (exact) mass is 242 g/mol. The van der Waals surface area contributed by atoms with E-state index in [-0.39, 0.29) is 18.4 Å². The average Bonchev–Trinajstić information content (AvgIpc) is 2.81. The molecule has 0 aliphatic carbocycles. The maximum Gasteiger partial charge on any atom is 0.222 e. The second-order valence-electron chi connectivity index (χ2n) is 3.46. The molecule has 1 rings (SSSR count). The Morgan fingerprint density at radius 1 is 1.71 bits per heavy atom. The number of nitrogens with zero attached hydrogens (tertiary/aromatic N) is 2. The third-order valence-corrected chi connectivity index (χ3v) is 2.16. The SMILES string of the molecule is CCOC(CN)CC(=O)NCCc1ncon1. The van der Waals surface area contributed by atoms with E-state index >= 15 is 0 Å². The Hall–Kier alpha value is -1.47. The van der Waals surface area contributed by atoms with E-state index in [9.17, 15) is 4.79 Å². The van der Waals surface area contributed by atoms with Crippen LogP contribution in [0.3, 0.4) is 0 Å². The average molecular weight is 242 g/mol. The van der Waals surface area contributed by atoms with Gasteiger partial charge in [-0.05, 0) is 6.92 Å². The van der Waals surface area contributed by atoms with Gasteiger partial charge in [-0.3, -0.25) is 4.79 Å². The summed E-state index contributed by atoms with van der Waals surface area (Å²) < 4.78 is 9.86. The van der Waals surface area contributed by atoms with Gasteiger partial charge in [0.15, 0.2) is 5.82 Å². The fraction of sp³-hybridized carbons (Fsp3) is 0.700. The van der Waals surface area contributed by atoms with Crippen molar-refractivity contribution in [1.29, 1.82) is 0 Å². The highest BCUT2D eigenvalue weighted by molar-refractivity contribution is 5.76. The summed E-state index contributed by atoms with van der Waals surface area (Å²) in [6, 6.07) is 0. The van der Waals surface area contributed by atoms with Crippen LogP contribution in [0.15, 0.2) is 10.9 Å². The van der Waals surface area contributed by atoms with Gasteiger partial charge in [0.1, 0.15) is 0 Å². The number of hydrogen-bond acceptors (Lipinski definition) is 6. The predicted molar refractivity (Wildman–Crippen MR) is 60.1 cm³/mol. The van der Waals surface area contributed by atoms with Crippen molar-refractivity contribution in [2.45, 2.75) is 25.9 Å². The van der Waals surface area contributed by atoms with Crippen LogP contribution in [0.2, 0.25) is 0 Å². The summed E-state index contributed by atoms with van der Waals surface area (Å²) in [6.45, 7) is 3.24. The highest BCUT2D eigenvalue weighted by atomic mass is 16.5. The van der Waals surface area contributed by atoms with E-state index in [0.717, 1.165) is 0 Å². The van der Waals surface area contributed by atoms with Gasteiger partial charge in [0, 0.05) is 26.1 Å². The largest absolute Gasteiger partial charge is 0.377 e. The van der Waals surface area contributed by atoms with Crippen LogP contribution in [-0.4, -0.2) is 41.8 Å². The van der Waals surface area contributed by atoms with Gasteiger partial charge in [-0.1, -0.05) is 5.16 Å². The van der Waals surface area contributed by atoms with Crippen LogP contribution in [0.5, 0.6) is 0 Å². The molecular weight excluding hydrogens is 224 g/mol. The maximum atomic E-state index is 11.5. The zero-order chi connectivity index (χ0) is 12.5. The lowest BCUT2D eigenvalue weighted by atomic mass is 10.2.